The molecule has 0 radical (unpaired) electrons. The Labute approximate surface area is 273 Å². The third-order valence-electron chi connectivity index (χ3n) is 10.7. The molecule has 4 aliphatic rings. The molecule has 6 rings (SSSR count). The number of hydrogen-bond donors (Lipinski definition) is 2. The van der Waals surface area contributed by atoms with Crippen LogP contribution in [-0.2, 0) is 16.1 Å². The summed E-state index contributed by atoms with van der Waals surface area (Å²) in [6, 6.07) is 14.8. The maximum absolute atomic E-state index is 13.9. The van der Waals surface area contributed by atoms with Crippen molar-refractivity contribution in [2.75, 3.05) is 32.7 Å². The van der Waals surface area contributed by atoms with E-state index in [0.717, 1.165) is 89.0 Å². The summed E-state index contributed by atoms with van der Waals surface area (Å²) in [6.07, 6.45) is 9.91. The molecule has 0 unspecified atom stereocenters. The fourth-order valence-electron chi connectivity index (χ4n) is 7.85. The van der Waals surface area contributed by atoms with Gasteiger partial charge in [0.05, 0.1) is 5.60 Å². The lowest BCUT2D eigenvalue weighted by Crippen LogP contribution is -2.73. The van der Waals surface area contributed by atoms with E-state index in [1.807, 2.05) is 46.2 Å². The number of piperidine rings is 1. The van der Waals surface area contributed by atoms with Gasteiger partial charge in [-0.15, -0.1) is 0 Å². The van der Waals surface area contributed by atoms with E-state index in [2.05, 4.69) is 29.3 Å². The molecule has 3 amide bonds. The molecule has 9 nitrogen and oxygen atoms in total. The number of nitrogens with zero attached hydrogens (tertiary/aromatic N) is 3. The number of ether oxygens (including phenoxy) is 1. The van der Waals surface area contributed by atoms with E-state index in [4.69, 9.17) is 4.74 Å². The Morgan fingerprint density at radius 2 is 1.50 bits per heavy atom. The van der Waals surface area contributed by atoms with Crippen LogP contribution in [0.15, 0.2) is 48.5 Å². The molecule has 248 valence electrons. The van der Waals surface area contributed by atoms with E-state index in [-0.39, 0.29) is 17.7 Å². The second kappa shape index (κ2) is 14.1. The predicted octanol–water partition coefficient (Wildman–Crippen LogP) is 5.26. The molecule has 1 saturated carbocycles. The van der Waals surface area contributed by atoms with Crippen molar-refractivity contribution in [1.82, 2.24) is 20.0 Å². The molecular weight excluding hydrogens is 580 g/mol. The van der Waals surface area contributed by atoms with Gasteiger partial charge < -0.3 is 25.0 Å². The molecule has 9 heteroatoms. The average molecular weight is 631 g/mol. The Bertz CT molecular complexity index is 1360. The van der Waals surface area contributed by atoms with Gasteiger partial charge in [0.1, 0.15) is 23.1 Å². The Kier molecular flexibility index (Phi) is 9.99. The van der Waals surface area contributed by atoms with Gasteiger partial charge in [-0.3, -0.25) is 19.3 Å². The van der Waals surface area contributed by atoms with E-state index < -0.39 is 17.2 Å². The van der Waals surface area contributed by atoms with Gasteiger partial charge in [0.2, 0.25) is 11.8 Å². The van der Waals surface area contributed by atoms with Crippen LogP contribution in [0.5, 0.6) is 11.5 Å². The normalized spacial score (nSPS) is 23.0. The van der Waals surface area contributed by atoms with Crippen molar-refractivity contribution in [2.45, 2.75) is 108 Å². The van der Waals surface area contributed by atoms with Gasteiger partial charge in [-0.05, 0) is 86.9 Å². The van der Waals surface area contributed by atoms with E-state index >= 15 is 0 Å². The lowest BCUT2D eigenvalue weighted by atomic mass is 9.77. The fourth-order valence-corrected chi connectivity index (χ4v) is 7.85. The smallest absolute Gasteiger partial charge is 0.253 e. The van der Waals surface area contributed by atoms with Crippen molar-refractivity contribution in [3.05, 3.63) is 59.7 Å². The highest BCUT2D eigenvalue weighted by Gasteiger charge is 2.54. The maximum atomic E-state index is 13.9. The average Bonchev–Trinajstić information content (AvgIpc) is 3.61. The molecule has 1 aliphatic carbocycles. The highest BCUT2D eigenvalue weighted by molar-refractivity contribution is 6.00. The molecule has 0 bridgehead atoms. The second-order valence-electron chi connectivity index (χ2n) is 13.9. The van der Waals surface area contributed by atoms with Crippen LogP contribution in [0, 0.1) is 0 Å². The molecule has 3 saturated heterocycles. The van der Waals surface area contributed by atoms with Gasteiger partial charge in [0.25, 0.3) is 5.91 Å². The maximum Gasteiger partial charge on any atom is 0.253 e. The van der Waals surface area contributed by atoms with Gasteiger partial charge in [0, 0.05) is 51.3 Å². The quantitative estimate of drug-likeness (QED) is 0.371. The Morgan fingerprint density at radius 1 is 0.870 bits per heavy atom. The summed E-state index contributed by atoms with van der Waals surface area (Å²) in [5.41, 5.74) is 0.160. The van der Waals surface area contributed by atoms with Crippen LogP contribution >= 0.6 is 0 Å². The number of likely N-dealkylation sites (tertiary alicyclic amines) is 2. The number of benzene rings is 2. The zero-order valence-corrected chi connectivity index (χ0v) is 27.3. The first-order chi connectivity index (χ1) is 22.3. The van der Waals surface area contributed by atoms with Gasteiger partial charge in [0.15, 0.2) is 0 Å². The molecule has 2 aromatic carbocycles. The SMILES string of the molecule is CCCCN1C(=O)[C@@H](CC2(O)CCCCC2)NC(=O)C12CCN(Cc1ccc(Oc3ccc(C(=O)N4CCCC4)cc3)cc1)CC2. The fraction of sp³-hybridized carbons (Fsp3) is 0.595. The number of amides is 3. The first kappa shape index (κ1) is 32.5. The zero-order valence-electron chi connectivity index (χ0n) is 27.3. The minimum Gasteiger partial charge on any atom is -0.457 e. The number of rotatable bonds is 10. The van der Waals surface area contributed by atoms with Crippen LogP contribution in [-0.4, -0.2) is 87.4 Å². The van der Waals surface area contributed by atoms with Crippen molar-refractivity contribution < 1.29 is 24.2 Å². The molecule has 1 atom stereocenters. The van der Waals surface area contributed by atoms with Crippen LogP contribution in [0.2, 0.25) is 0 Å². The molecule has 2 aromatic rings. The van der Waals surface area contributed by atoms with Crippen molar-refractivity contribution in [3.63, 3.8) is 0 Å². The molecule has 2 N–H and O–H groups in total. The standard InChI is InChI=1S/C37H50N4O5/c1-2-3-23-41-34(43)32(26-36(45)17-5-4-6-18-36)38-35(44)37(41)19-24-39(25-20-37)27-28-9-13-30(14-10-28)46-31-15-11-29(12-16-31)33(42)40-21-7-8-22-40/h9-16,32,45H,2-8,17-27H2,1H3,(H,38,44)/t32-/m1/s1. The van der Waals surface area contributed by atoms with Crippen molar-refractivity contribution in [2.24, 2.45) is 0 Å². The van der Waals surface area contributed by atoms with Crippen molar-refractivity contribution in [3.8, 4) is 11.5 Å². The summed E-state index contributed by atoms with van der Waals surface area (Å²) in [6.45, 7) is 6.55. The summed E-state index contributed by atoms with van der Waals surface area (Å²) in [5.74, 6) is 1.43. The number of hydrogen-bond acceptors (Lipinski definition) is 6. The summed E-state index contributed by atoms with van der Waals surface area (Å²) >= 11 is 0. The van der Waals surface area contributed by atoms with Gasteiger partial charge in [-0.25, -0.2) is 0 Å². The summed E-state index contributed by atoms with van der Waals surface area (Å²) < 4.78 is 6.05. The highest BCUT2D eigenvalue weighted by Crippen LogP contribution is 2.38. The van der Waals surface area contributed by atoms with Crippen molar-refractivity contribution >= 4 is 17.7 Å². The van der Waals surface area contributed by atoms with E-state index in [9.17, 15) is 19.5 Å². The van der Waals surface area contributed by atoms with E-state index in [0.29, 0.717) is 50.0 Å². The monoisotopic (exact) mass is 630 g/mol. The lowest BCUT2D eigenvalue weighted by Gasteiger charge is -2.52. The number of aliphatic hydroxyl groups is 1. The molecular formula is C37H50N4O5. The van der Waals surface area contributed by atoms with Gasteiger partial charge in [-0.1, -0.05) is 44.7 Å². The Hall–Kier alpha value is -3.43. The first-order valence-corrected chi connectivity index (χ1v) is 17.5. The molecule has 3 aliphatic heterocycles. The largest absolute Gasteiger partial charge is 0.457 e. The van der Waals surface area contributed by atoms with Crippen LogP contribution < -0.4 is 10.1 Å². The number of nitrogens with one attached hydrogen (secondary N) is 1. The molecule has 3 heterocycles. The topological polar surface area (TPSA) is 102 Å². The minimum absolute atomic E-state index is 0.0242. The van der Waals surface area contributed by atoms with Crippen LogP contribution in [0.1, 0.15) is 99.9 Å². The zero-order chi connectivity index (χ0) is 32.1. The van der Waals surface area contributed by atoms with Crippen LogP contribution in [0.4, 0.5) is 0 Å². The first-order valence-electron chi connectivity index (χ1n) is 17.5. The predicted molar refractivity (Wildman–Crippen MR) is 177 cm³/mol. The minimum atomic E-state index is -0.866. The molecule has 0 aromatic heterocycles. The molecule has 4 fully saturated rings. The van der Waals surface area contributed by atoms with Crippen LogP contribution in [0.3, 0.4) is 0 Å². The third-order valence-corrected chi connectivity index (χ3v) is 10.7. The number of carbonyl (C=O) groups is 3. The lowest BCUT2D eigenvalue weighted by molar-refractivity contribution is -0.163. The highest BCUT2D eigenvalue weighted by atomic mass is 16.5. The molecule has 1 spiro atoms. The third kappa shape index (κ3) is 7.10. The summed E-state index contributed by atoms with van der Waals surface area (Å²) in [7, 11) is 0. The molecule has 46 heavy (non-hydrogen) atoms. The summed E-state index contributed by atoms with van der Waals surface area (Å²) in [4.78, 5) is 46.4. The van der Waals surface area contributed by atoms with Crippen LogP contribution in [0.25, 0.3) is 0 Å². The number of unbranched alkanes of at least 4 members (excludes halogenated alkanes) is 1. The Morgan fingerprint density at radius 3 is 2.13 bits per heavy atom. The van der Waals surface area contributed by atoms with E-state index in [1.165, 1.54) is 0 Å². The Balaban J connectivity index is 1.03. The van der Waals surface area contributed by atoms with Gasteiger partial charge in [-0.2, -0.15) is 0 Å². The number of carbonyl (C=O) groups excluding carboxylic acids is 3. The van der Waals surface area contributed by atoms with Crippen molar-refractivity contribution in [1.29, 1.82) is 0 Å². The van der Waals surface area contributed by atoms with Gasteiger partial charge >= 0.3 is 0 Å². The summed E-state index contributed by atoms with van der Waals surface area (Å²) in [5, 5.41) is 14.2. The second-order valence-corrected chi connectivity index (χ2v) is 13.9. The van der Waals surface area contributed by atoms with E-state index in [1.54, 1.807) is 0 Å². The number of piperazine rings is 1.